The Hall–Kier alpha value is -1.02. The molecule has 1 saturated heterocycles. The Balaban J connectivity index is 2.01. The van der Waals surface area contributed by atoms with E-state index in [1.165, 1.54) is 12.0 Å². The van der Waals surface area contributed by atoms with E-state index in [-0.39, 0.29) is 0 Å². The number of fused-ring (bicyclic) bond motifs is 3. The quantitative estimate of drug-likeness (QED) is 0.640. The van der Waals surface area contributed by atoms with E-state index < -0.39 is 0 Å². The van der Waals surface area contributed by atoms with Crippen LogP contribution in [0.4, 0.5) is 0 Å². The average Bonchev–Trinajstić information content (AvgIpc) is 2.56. The second-order valence-corrected chi connectivity index (χ2v) is 3.72. The van der Waals surface area contributed by atoms with E-state index in [0.29, 0.717) is 12.0 Å². The first kappa shape index (κ1) is 7.39. The number of benzene rings is 1. The van der Waals surface area contributed by atoms with Crippen molar-refractivity contribution >= 4 is 0 Å². The summed E-state index contributed by atoms with van der Waals surface area (Å²) < 4.78 is 5.82. The van der Waals surface area contributed by atoms with Gasteiger partial charge in [-0.2, -0.15) is 0 Å². The molecular formula is C11H12NO. The molecule has 1 N–H and O–H groups in total. The van der Waals surface area contributed by atoms with Gasteiger partial charge < -0.3 is 10.1 Å². The minimum absolute atomic E-state index is 0.361. The third kappa shape index (κ3) is 1.05. The van der Waals surface area contributed by atoms with Crippen molar-refractivity contribution in [2.24, 2.45) is 0 Å². The molecule has 0 bridgehead atoms. The molecule has 67 valence electrons. The van der Waals surface area contributed by atoms with Crippen LogP contribution in [0.2, 0.25) is 0 Å². The van der Waals surface area contributed by atoms with Crippen molar-refractivity contribution in [1.29, 1.82) is 0 Å². The monoisotopic (exact) mass is 174 g/mol. The fraction of sp³-hybridized carbons (Fsp3) is 0.455. The maximum Gasteiger partial charge on any atom is 0.124 e. The van der Waals surface area contributed by atoms with Crippen LogP contribution in [-0.4, -0.2) is 19.2 Å². The van der Waals surface area contributed by atoms with E-state index in [1.807, 2.05) is 12.1 Å². The van der Waals surface area contributed by atoms with Gasteiger partial charge in [-0.25, -0.2) is 0 Å². The molecule has 0 aromatic heterocycles. The molecule has 2 aliphatic heterocycles. The van der Waals surface area contributed by atoms with Gasteiger partial charge in [0.05, 0.1) is 0 Å². The number of hydrogen-bond donors (Lipinski definition) is 1. The Morgan fingerprint density at radius 3 is 3.54 bits per heavy atom. The van der Waals surface area contributed by atoms with Crippen LogP contribution in [-0.2, 0) is 0 Å². The molecule has 0 amide bonds. The first-order valence-corrected chi connectivity index (χ1v) is 4.82. The van der Waals surface area contributed by atoms with Crippen molar-refractivity contribution < 1.29 is 4.74 Å². The molecule has 1 fully saturated rings. The lowest BCUT2D eigenvalue weighted by Gasteiger charge is -2.24. The Labute approximate surface area is 77.9 Å². The molecule has 2 aliphatic rings. The Morgan fingerprint density at radius 2 is 2.54 bits per heavy atom. The van der Waals surface area contributed by atoms with Gasteiger partial charge in [-0.05, 0) is 25.1 Å². The van der Waals surface area contributed by atoms with Crippen LogP contribution in [0.1, 0.15) is 17.9 Å². The summed E-state index contributed by atoms with van der Waals surface area (Å²) in [5.41, 5.74) is 1.38. The van der Waals surface area contributed by atoms with Crippen molar-refractivity contribution in [2.45, 2.75) is 18.4 Å². The van der Waals surface area contributed by atoms with Crippen molar-refractivity contribution in [3.8, 4) is 5.75 Å². The molecule has 3 rings (SSSR count). The van der Waals surface area contributed by atoms with Crippen molar-refractivity contribution in [3.05, 3.63) is 29.8 Å². The number of nitrogens with one attached hydrogen (secondary N) is 1. The van der Waals surface area contributed by atoms with Crippen molar-refractivity contribution in [2.75, 3.05) is 13.1 Å². The largest absolute Gasteiger partial charge is 0.488 e. The summed E-state index contributed by atoms with van der Waals surface area (Å²) in [5.74, 6) is 1.66. The first-order chi connectivity index (χ1) is 6.45. The molecule has 0 saturated carbocycles. The van der Waals surface area contributed by atoms with E-state index in [2.05, 4.69) is 17.4 Å². The molecule has 13 heavy (non-hydrogen) atoms. The van der Waals surface area contributed by atoms with Gasteiger partial charge in [-0.15, -0.1) is 0 Å². The van der Waals surface area contributed by atoms with Crippen LogP contribution in [0.3, 0.4) is 0 Å². The molecule has 2 heteroatoms. The Bertz CT molecular complexity index is 324. The lowest BCUT2D eigenvalue weighted by atomic mass is 9.90. The molecule has 2 heterocycles. The topological polar surface area (TPSA) is 21.3 Å². The predicted octanol–water partition coefficient (Wildman–Crippen LogP) is 1.32. The first-order valence-electron chi connectivity index (χ1n) is 4.82. The van der Waals surface area contributed by atoms with Gasteiger partial charge in [0.15, 0.2) is 0 Å². The highest BCUT2D eigenvalue weighted by atomic mass is 16.5. The summed E-state index contributed by atoms with van der Waals surface area (Å²) in [5, 5.41) is 3.36. The summed E-state index contributed by atoms with van der Waals surface area (Å²) in [6.45, 7) is 2.10. The van der Waals surface area contributed by atoms with Crippen molar-refractivity contribution in [1.82, 2.24) is 5.32 Å². The van der Waals surface area contributed by atoms with Crippen LogP contribution in [0.25, 0.3) is 0 Å². The number of piperidine rings is 1. The van der Waals surface area contributed by atoms with Gasteiger partial charge in [0.2, 0.25) is 0 Å². The highest BCUT2D eigenvalue weighted by Crippen LogP contribution is 2.40. The molecule has 1 aromatic carbocycles. The lowest BCUT2D eigenvalue weighted by molar-refractivity contribution is 0.177. The minimum atomic E-state index is 0.361. The highest BCUT2D eigenvalue weighted by molar-refractivity contribution is 5.41. The van der Waals surface area contributed by atoms with E-state index in [4.69, 9.17) is 4.74 Å². The summed E-state index contributed by atoms with van der Waals surface area (Å²) in [7, 11) is 0. The van der Waals surface area contributed by atoms with Crippen LogP contribution in [0, 0.1) is 6.07 Å². The zero-order valence-corrected chi connectivity index (χ0v) is 7.42. The number of ether oxygens (including phenoxy) is 1. The molecule has 1 aromatic rings. The summed E-state index contributed by atoms with van der Waals surface area (Å²) in [4.78, 5) is 0. The van der Waals surface area contributed by atoms with Gasteiger partial charge in [0, 0.05) is 18.0 Å². The second-order valence-electron chi connectivity index (χ2n) is 3.72. The van der Waals surface area contributed by atoms with Gasteiger partial charge in [-0.1, -0.05) is 12.1 Å². The zero-order valence-electron chi connectivity index (χ0n) is 7.42. The van der Waals surface area contributed by atoms with Gasteiger partial charge >= 0.3 is 0 Å². The second kappa shape index (κ2) is 2.74. The van der Waals surface area contributed by atoms with Gasteiger partial charge in [-0.3, -0.25) is 0 Å². The van der Waals surface area contributed by atoms with E-state index >= 15 is 0 Å². The van der Waals surface area contributed by atoms with Gasteiger partial charge in [0.1, 0.15) is 11.9 Å². The summed E-state index contributed by atoms with van der Waals surface area (Å²) in [6, 6.07) is 9.13. The molecule has 2 nitrogen and oxygen atoms in total. The third-order valence-corrected chi connectivity index (χ3v) is 2.96. The molecular weight excluding hydrogens is 162 g/mol. The maximum absolute atomic E-state index is 5.82. The Morgan fingerprint density at radius 1 is 1.54 bits per heavy atom. The van der Waals surface area contributed by atoms with E-state index in [0.717, 1.165) is 18.8 Å². The normalized spacial score (nSPS) is 30.5. The molecule has 1 radical (unpaired) electrons. The Kier molecular flexibility index (Phi) is 1.56. The number of rotatable bonds is 0. The molecule has 2 unspecified atom stereocenters. The SMILES string of the molecule is [c]1ccc2c(c1)OC1CNCCC21. The molecule has 0 spiro atoms. The summed E-state index contributed by atoms with van der Waals surface area (Å²) >= 11 is 0. The van der Waals surface area contributed by atoms with E-state index in [1.54, 1.807) is 0 Å². The van der Waals surface area contributed by atoms with Crippen LogP contribution in [0.5, 0.6) is 5.75 Å². The van der Waals surface area contributed by atoms with Gasteiger partial charge in [0.25, 0.3) is 0 Å². The lowest BCUT2D eigenvalue weighted by Crippen LogP contribution is -2.39. The molecule has 0 aliphatic carbocycles. The smallest absolute Gasteiger partial charge is 0.124 e. The van der Waals surface area contributed by atoms with Crippen LogP contribution >= 0.6 is 0 Å². The standard InChI is InChI=1S/C11H12NO/c1-2-4-10-8(3-1)9-5-6-12-7-11(9)13-10/h1,3-4,9,11-12H,5-7H2. The highest BCUT2D eigenvalue weighted by Gasteiger charge is 2.35. The van der Waals surface area contributed by atoms with E-state index in [9.17, 15) is 0 Å². The fourth-order valence-corrected chi connectivity index (χ4v) is 2.31. The molecule has 2 atom stereocenters. The maximum atomic E-state index is 5.82. The summed E-state index contributed by atoms with van der Waals surface area (Å²) in [6.07, 6.45) is 1.56. The average molecular weight is 174 g/mol. The van der Waals surface area contributed by atoms with Crippen LogP contribution < -0.4 is 10.1 Å². The van der Waals surface area contributed by atoms with Crippen molar-refractivity contribution in [3.63, 3.8) is 0 Å². The zero-order chi connectivity index (χ0) is 8.67. The van der Waals surface area contributed by atoms with Crippen LogP contribution in [0.15, 0.2) is 18.2 Å². The fourth-order valence-electron chi connectivity index (χ4n) is 2.31. The number of hydrogen-bond acceptors (Lipinski definition) is 2. The minimum Gasteiger partial charge on any atom is -0.488 e. The third-order valence-electron chi connectivity index (χ3n) is 2.96. The predicted molar refractivity (Wildman–Crippen MR) is 49.9 cm³/mol.